The first-order valence-electron chi connectivity index (χ1n) is 8.34. The minimum Gasteiger partial charge on any atom is -0.322 e. The Balaban J connectivity index is 1.75. The highest BCUT2D eigenvalue weighted by atomic mass is 35.5. The van der Waals surface area contributed by atoms with Crippen LogP contribution in [-0.4, -0.2) is 17.2 Å². The molecular weight excluding hydrogens is 396 g/mol. The van der Waals surface area contributed by atoms with Gasteiger partial charge in [-0.25, -0.2) is 5.84 Å². The number of carbonyl (C=O) groups is 2. The number of hydrogen-bond donors (Lipinski definition) is 2. The van der Waals surface area contributed by atoms with Crippen LogP contribution >= 0.6 is 11.6 Å². The molecule has 3 N–H and O–H groups in total. The SMILES string of the molecule is NN(C=O)c1ccc(-c2ccc(NC(=O)c3cc([N+](=O)[O-])ccc3Cl)cc2)cc1. The number of nitrogens with two attached hydrogens (primary N) is 1. The second kappa shape index (κ2) is 8.51. The van der Waals surface area contributed by atoms with Gasteiger partial charge in [0.1, 0.15) is 0 Å². The van der Waals surface area contributed by atoms with Crippen LogP contribution in [0.1, 0.15) is 10.4 Å². The van der Waals surface area contributed by atoms with Crippen molar-refractivity contribution in [3.63, 3.8) is 0 Å². The summed E-state index contributed by atoms with van der Waals surface area (Å²) in [5, 5.41) is 14.7. The summed E-state index contributed by atoms with van der Waals surface area (Å²) in [4.78, 5) is 33.4. The molecule has 0 spiro atoms. The fraction of sp³-hybridized carbons (Fsp3) is 0. The maximum Gasteiger partial charge on any atom is 0.270 e. The average Bonchev–Trinajstić information content (AvgIpc) is 2.74. The standard InChI is InChI=1S/C20H15ClN4O4/c21-19-10-9-17(25(28)29)11-18(19)20(27)23-15-5-1-13(2-6-15)14-3-7-16(8-4-14)24(22)12-26/h1-12H,22H2,(H,23,27). The molecule has 0 heterocycles. The highest BCUT2D eigenvalue weighted by Gasteiger charge is 2.16. The van der Waals surface area contributed by atoms with Gasteiger partial charge in [-0.15, -0.1) is 0 Å². The van der Waals surface area contributed by atoms with E-state index in [2.05, 4.69) is 5.32 Å². The molecule has 8 nitrogen and oxygen atoms in total. The van der Waals surface area contributed by atoms with Crippen molar-refractivity contribution in [1.29, 1.82) is 0 Å². The molecule has 146 valence electrons. The molecule has 0 bridgehead atoms. The number of amides is 2. The largest absolute Gasteiger partial charge is 0.322 e. The summed E-state index contributed by atoms with van der Waals surface area (Å²) in [6.45, 7) is 0. The van der Waals surface area contributed by atoms with Crippen LogP contribution in [0.15, 0.2) is 66.7 Å². The number of carbonyl (C=O) groups excluding carboxylic acids is 2. The van der Waals surface area contributed by atoms with Gasteiger partial charge in [-0.05, 0) is 41.5 Å². The van der Waals surface area contributed by atoms with Gasteiger partial charge in [-0.1, -0.05) is 35.9 Å². The molecule has 0 unspecified atom stereocenters. The Kier molecular flexibility index (Phi) is 5.87. The Labute approximate surface area is 170 Å². The fourth-order valence-corrected chi connectivity index (χ4v) is 2.84. The van der Waals surface area contributed by atoms with Gasteiger partial charge in [0.25, 0.3) is 11.6 Å². The van der Waals surface area contributed by atoms with Crippen LogP contribution in [0.5, 0.6) is 0 Å². The topological polar surface area (TPSA) is 119 Å². The third-order valence-corrected chi connectivity index (χ3v) is 4.49. The summed E-state index contributed by atoms with van der Waals surface area (Å²) in [7, 11) is 0. The molecule has 0 saturated heterocycles. The third kappa shape index (κ3) is 4.57. The number of halogens is 1. The van der Waals surface area contributed by atoms with E-state index in [0.29, 0.717) is 17.8 Å². The normalized spacial score (nSPS) is 10.3. The number of rotatable bonds is 6. The quantitative estimate of drug-likeness (QED) is 0.209. The lowest BCUT2D eigenvalue weighted by Crippen LogP contribution is -2.28. The van der Waals surface area contributed by atoms with Crippen LogP contribution in [-0.2, 0) is 4.79 Å². The van der Waals surface area contributed by atoms with E-state index in [1.54, 1.807) is 36.4 Å². The van der Waals surface area contributed by atoms with E-state index in [9.17, 15) is 19.7 Å². The number of non-ortho nitro benzene ring substituents is 1. The van der Waals surface area contributed by atoms with Crippen molar-refractivity contribution in [2.75, 3.05) is 10.3 Å². The van der Waals surface area contributed by atoms with Gasteiger partial charge in [0.15, 0.2) is 0 Å². The van der Waals surface area contributed by atoms with E-state index >= 15 is 0 Å². The van der Waals surface area contributed by atoms with Crippen molar-refractivity contribution in [2.24, 2.45) is 5.84 Å². The predicted molar refractivity (Wildman–Crippen MR) is 111 cm³/mol. The Morgan fingerprint density at radius 1 is 1.03 bits per heavy atom. The van der Waals surface area contributed by atoms with Gasteiger partial charge in [0.2, 0.25) is 6.41 Å². The number of hydrogen-bond acceptors (Lipinski definition) is 5. The molecule has 0 atom stereocenters. The Hall–Kier alpha value is -3.75. The smallest absolute Gasteiger partial charge is 0.270 e. The van der Waals surface area contributed by atoms with Crippen molar-refractivity contribution >= 4 is 41.0 Å². The summed E-state index contributed by atoms with van der Waals surface area (Å²) in [6.07, 6.45) is 0.514. The minimum atomic E-state index is -0.591. The van der Waals surface area contributed by atoms with E-state index in [4.69, 9.17) is 17.4 Å². The first-order valence-corrected chi connectivity index (χ1v) is 8.72. The molecule has 29 heavy (non-hydrogen) atoms. The molecule has 3 aromatic rings. The zero-order valence-electron chi connectivity index (χ0n) is 14.9. The number of hydrazine groups is 1. The summed E-state index contributed by atoms with van der Waals surface area (Å²) in [6, 6.07) is 17.7. The number of benzene rings is 3. The van der Waals surface area contributed by atoms with Gasteiger partial charge in [-0.3, -0.25) is 24.7 Å². The van der Waals surface area contributed by atoms with Gasteiger partial charge in [0, 0.05) is 17.8 Å². The van der Waals surface area contributed by atoms with Crippen LogP contribution in [0.4, 0.5) is 17.1 Å². The fourth-order valence-electron chi connectivity index (χ4n) is 2.63. The number of anilines is 2. The van der Waals surface area contributed by atoms with E-state index in [-0.39, 0.29) is 16.3 Å². The Morgan fingerprint density at radius 3 is 2.17 bits per heavy atom. The van der Waals surface area contributed by atoms with Crippen molar-refractivity contribution in [2.45, 2.75) is 0 Å². The van der Waals surface area contributed by atoms with Gasteiger partial charge < -0.3 is 5.32 Å². The Bertz CT molecular complexity index is 1070. The molecule has 3 aromatic carbocycles. The molecule has 0 aliphatic heterocycles. The van der Waals surface area contributed by atoms with E-state index < -0.39 is 10.8 Å². The number of nitrogens with one attached hydrogen (secondary N) is 1. The van der Waals surface area contributed by atoms with Crippen molar-refractivity contribution in [3.8, 4) is 11.1 Å². The zero-order chi connectivity index (χ0) is 21.0. The van der Waals surface area contributed by atoms with Crippen LogP contribution in [0, 0.1) is 10.1 Å². The minimum absolute atomic E-state index is 0.0158. The average molecular weight is 411 g/mol. The lowest BCUT2D eigenvalue weighted by molar-refractivity contribution is -0.384. The molecule has 0 saturated carbocycles. The zero-order valence-corrected chi connectivity index (χ0v) is 15.7. The second-order valence-corrected chi connectivity index (χ2v) is 6.42. The van der Waals surface area contributed by atoms with Crippen LogP contribution in [0.3, 0.4) is 0 Å². The molecule has 0 fully saturated rings. The second-order valence-electron chi connectivity index (χ2n) is 6.01. The van der Waals surface area contributed by atoms with Crippen molar-refractivity contribution in [1.82, 2.24) is 0 Å². The summed E-state index contributed by atoms with van der Waals surface area (Å²) in [5.74, 6) is 4.96. The molecule has 2 amide bonds. The first kappa shape index (κ1) is 20.0. The third-order valence-electron chi connectivity index (χ3n) is 4.16. The molecule has 0 aromatic heterocycles. The highest BCUT2D eigenvalue weighted by Crippen LogP contribution is 2.26. The molecule has 3 rings (SSSR count). The molecule has 0 radical (unpaired) electrons. The van der Waals surface area contributed by atoms with E-state index in [1.807, 2.05) is 12.1 Å². The van der Waals surface area contributed by atoms with Gasteiger partial charge in [0.05, 0.1) is 21.2 Å². The van der Waals surface area contributed by atoms with Gasteiger partial charge in [-0.2, -0.15) is 0 Å². The highest BCUT2D eigenvalue weighted by molar-refractivity contribution is 6.34. The number of nitro benzene ring substituents is 1. The molecule has 0 aliphatic rings. The van der Waals surface area contributed by atoms with Crippen LogP contribution < -0.4 is 16.2 Å². The lowest BCUT2D eigenvalue weighted by Gasteiger charge is -2.11. The number of nitro groups is 1. The lowest BCUT2D eigenvalue weighted by atomic mass is 10.0. The van der Waals surface area contributed by atoms with E-state index in [1.165, 1.54) is 12.1 Å². The summed E-state index contributed by atoms with van der Waals surface area (Å²) >= 11 is 6.00. The summed E-state index contributed by atoms with van der Waals surface area (Å²) < 4.78 is 0. The predicted octanol–water partition coefficient (Wildman–Crippen LogP) is 4.00. The van der Waals surface area contributed by atoms with Gasteiger partial charge >= 0.3 is 0 Å². The maximum atomic E-state index is 12.4. The Morgan fingerprint density at radius 2 is 1.62 bits per heavy atom. The number of nitrogens with zero attached hydrogens (tertiary/aromatic N) is 2. The van der Waals surface area contributed by atoms with E-state index in [0.717, 1.165) is 22.2 Å². The first-order chi connectivity index (χ1) is 13.9. The molecule has 0 aliphatic carbocycles. The van der Waals surface area contributed by atoms with Crippen molar-refractivity contribution in [3.05, 3.63) is 87.4 Å². The monoisotopic (exact) mass is 410 g/mol. The molecular formula is C20H15ClN4O4. The summed E-state index contributed by atoms with van der Waals surface area (Å²) in [5.41, 5.74) is 2.64. The maximum absolute atomic E-state index is 12.4. The molecule has 9 heteroatoms. The van der Waals surface area contributed by atoms with Crippen molar-refractivity contribution < 1.29 is 14.5 Å². The van der Waals surface area contributed by atoms with Crippen LogP contribution in [0.2, 0.25) is 5.02 Å². The van der Waals surface area contributed by atoms with Crippen LogP contribution in [0.25, 0.3) is 11.1 Å².